The van der Waals surface area contributed by atoms with Gasteiger partial charge in [-0.2, -0.15) is 13.2 Å². The molecular formula is C12H24F3N3. The fourth-order valence-electron chi connectivity index (χ4n) is 2.18. The highest BCUT2D eigenvalue weighted by Gasteiger charge is 2.28. The average Bonchev–Trinajstić information content (AvgIpc) is 2.33. The molecule has 18 heavy (non-hydrogen) atoms. The summed E-state index contributed by atoms with van der Waals surface area (Å²) in [7, 11) is 0. The number of nitrogens with two attached hydrogens (primary N) is 1. The quantitative estimate of drug-likeness (QED) is 0.712. The lowest BCUT2D eigenvalue weighted by Gasteiger charge is -2.34. The zero-order valence-electron chi connectivity index (χ0n) is 10.9. The maximum atomic E-state index is 12.1. The van der Waals surface area contributed by atoms with Crippen molar-refractivity contribution >= 4 is 0 Å². The summed E-state index contributed by atoms with van der Waals surface area (Å²) >= 11 is 0. The lowest BCUT2D eigenvalue weighted by Crippen LogP contribution is -2.47. The molecule has 1 saturated heterocycles. The zero-order chi connectivity index (χ0) is 13.4. The lowest BCUT2D eigenvalue weighted by atomic mass is 10.2. The highest BCUT2D eigenvalue weighted by atomic mass is 19.4. The van der Waals surface area contributed by atoms with Gasteiger partial charge in [-0.05, 0) is 25.9 Å². The highest BCUT2D eigenvalue weighted by molar-refractivity contribution is 4.72. The summed E-state index contributed by atoms with van der Waals surface area (Å²) in [4.78, 5) is 4.24. The highest BCUT2D eigenvalue weighted by Crippen LogP contribution is 2.20. The predicted octanol–water partition coefficient (Wildman–Crippen LogP) is 1.69. The Balaban J connectivity index is 2.05. The SMILES string of the molecule is NCCCCCN1CCN(CCC(F)(F)F)CC1. The molecule has 2 N–H and O–H groups in total. The molecule has 0 aromatic carbocycles. The van der Waals surface area contributed by atoms with Crippen LogP contribution in [0.2, 0.25) is 0 Å². The second-order valence-electron chi connectivity index (χ2n) is 4.90. The van der Waals surface area contributed by atoms with Gasteiger partial charge in [-0.1, -0.05) is 6.42 Å². The Morgan fingerprint density at radius 1 is 0.833 bits per heavy atom. The number of alkyl halides is 3. The maximum absolute atomic E-state index is 12.1. The van der Waals surface area contributed by atoms with Crippen LogP contribution in [0.5, 0.6) is 0 Å². The lowest BCUT2D eigenvalue weighted by molar-refractivity contribution is -0.138. The van der Waals surface area contributed by atoms with Gasteiger partial charge in [-0.15, -0.1) is 0 Å². The zero-order valence-corrected chi connectivity index (χ0v) is 10.9. The van der Waals surface area contributed by atoms with Gasteiger partial charge < -0.3 is 15.5 Å². The first-order valence-corrected chi connectivity index (χ1v) is 6.73. The first-order chi connectivity index (χ1) is 8.51. The van der Waals surface area contributed by atoms with Crippen LogP contribution in [0.25, 0.3) is 0 Å². The molecule has 0 aliphatic carbocycles. The second-order valence-corrected chi connectivity index (χ2v) is 4.90. The molecule has 108 valence electrons. The Kier molecular flexibility index (Phi) is 6.96. The Bertz CT molecular complexity index is 213. The Morgan fingerprint density at radius 3 is 1.89 bits per heavy atom. The molecule has 1 heterocycles. The van der Waals surface area contributed by atoms with Gasteiger partial charge in [0.15, 0.2) is 0 Å². The van der Waals surface area contributed by atoms with Crippen LogP contribution in [-0.2, 0) is 0 Å². The van der Waals surface area contributed by atoms with Gasteiger partial charge in [0, 0.05) is 32.7 Å². The number of rotatable bonds is 7. The third-order valence-corrected chi connectivity index (χ3v) is 3.35. The number of unbranched alkanes of at least 4 members (excludes halogenated alkanes) is 2. The van der Waals surface area contributed by atoms with E-state index in [1.54, 1.807) is 0 Å². The summed E-state index contributed by atoms with van der Waals surface area (Å²) in [6, 6.07) is 0. The third kappa shape index (κ3) is 7.18. The summed E-state index contributed by atoms with van der Waals surface area (Å²) in [5.41, 5.74) is 5.42. The van der Waals surface area contributed by atoms with E-state index >= 15 is 0 Å². The van der Waals surface area contributed by atoms with Gasteiger partial charge in [-0.3, -0.25) is 0 Å². The number of nitrogens with zero attached hydrogens (tertiary/aromatic N) is 2. The van der Waals surface area contributed by atoms with E-state index in [2.05, 4.69) is 4.90 Å². The predicted molar refractivity (Wildman–Crippen MR) is 66.5 cm³/mol. The van der Waals surface area contributed by atoms with Crippen LogP contribution < -0.4 is 5.73 Å². The van der Waals surface area contributed by atoms with Crippen LogP contribution in [0, 0.1) is 0 Å². The van der Waals surface area contributed by atoms with Crippen molar-refractivity contribution in [2.75, 3.05) is 45.8 Å². The summed E-state index contributed by atoms with van der Waals surface area (Å²) < 4.78 is 36.2. The molecule has 0 aromatic heterocycles. The fourth-order valence-corrected chi connectivity index (χ4v) is 2.18. The molecule has 0 unspecified atom stereocenters. The van der Waals surface area contributed by atoms with E-state index in [9.17, 15) is 13.2 Å². The molecule has 0 bridgehead atoms. The smallest absolute Gasteiger partial charge is 0.330 e. The van der Waals surface area contributed by atoms with Crippen molar-refractivity contribution in [3.8, 4) is 0 Å². The van der Waals surface area contributed by atoms with Gasteiger partial charge in [0.05, 0.1) is 6.42 Å². The van der Waals surface area contributed by atoms with E-state index in [0.717, 1.165) is 58.5 Å². The number of hydrogen-bond donors (Lipinski definition) is 1. The molecule has 1 aliphatic rings. The van der Waals surface area contributed by atoms with Crippen molar-refractivity contribution < 1.29 is 13.2 Å². The standard InChI is InChI=1S/C12H24F3N3/c13-12(14,15)4-7-18-10-8-17(9-11-18)6-3-1-2-5-16/h1-11,16H2. The van der Waals surface area contributed by atoms with E-state index in [1.165, 1.54) is 0 Å². The molecule has 1 rings (SSSR count). The normalized spacial score (nSPS) is 19.3. The van der Waals surface area contributed by atoms with Crippen LogP contribution >= 0.6 is 0 Å². The Morgan fingerprint density at radius 2 is 1.39 bits per heavy atom. The van der Waals surface area contributed by atoms with Crippen molar-refractivity contribution in [2.24, 2.45) is 5.73 Å². The van der Waals surface area contributed by atoms with E-state index in [0.29, 0.717) is 0 Å². The van der Waals surface area contributed by atoms with Crippen LogP contribution in [0.4, 0.5) is 13.2 Å². The van der Waals surface area contributed by atoms with Gasteiger partial charge in [-0.25, -0.2) is 0 Å². The van der Waals surface area contributed by atoms with Gasteiger partial charge in [0.25, 0.3) is 0 Å². The van der Waals surface area contributed by atoms with E-state index in [1.807, 2.05) is 4.90 Å². The minimum atomic E-state index is -4.03. The van der Waals surface area contributed by atoms with Crippen LogP contribution in [-0.4, -0.2) is 61.8 Å². The van der Waals surface area contributed by atoms with E-state index in [-0.39, 0.29) is 6.54 Å². The molecule has 0 aromatic rings. The summed E-state index contributed by atoms with van der Waals surface area (Å²) in [5, 5.41) is 0. The van der Waals surface area contributed by atoms with E-state index < -0.39 is 12.6 Å². The molecule has 0 amide bonds. The topological polar surface area (TPSA) is 32.5 Å². The van der Waals surface area contributed by atoms with Crippen molar-refractivity contribution in [1.82, 2.24) is 9.80 Å². The van der Waals surface area contributed by atoms with Crippen LogP contribution in [0.3, 0.4) is 0 Å². The first kappa shape index (κ1) is 15.7. The minimum absolute atomic E-state index is 0.143. The van der Waals surface area contributed by atoms with Gasteiger partial charge >= 0.3 is 6.18 Å². The molecule has 0 atom stereocenters. The minimum Gasteiger partial charge on any atom is -0.330 e. The molecular weight excluding hydrogens is 243 g/mol. The largest absolute Gasteiger partial charge is 0.390 e. The maximum Gasteiger partial charge on any atom is 0.390 e. The van der Waals surface area contributed by atoms with Gasteiger partial charge in [0.2, 0.25) is 0 Å². The summed E-state index contributed by atoms with van der Waals surface area (Å²) in [6.07, 6.45) is -1.38. The van der Waals surface area contributed by atoms with Crippen LogP contribution in [0.1, 0.15) is 25.7 Å². The molecule has 0 radical (unpaired) electrons. The summed E-state index contributed by atoms with van der Waals surface area (Å²) in [5.74, 6) is 0. The molecule has 1 fully saturated rings. The van der Waals surface area contributed by atoms with Crippen LogP contribution in [0.15, 0.2) is 0 Å². The molecule has 3 nitrogen and oxygen atoms in total. The third-order valence-electron chi connectivity index (χ3n) is 3.35. The molecule has 0 saturated carbocycles. The van der Waals surface area contributed by atoms with Crippen molar-refractivity contribution in [3.63, 3.8) is 0 Å². The van der Waals surface area contributed by atoms with E-state index in [4.69, 9.17) is 5.73 Å². The monoisotopic (exact) mass is 267 g/mol. The van der Waals surface area contributed by atoms with Crippen molar-refractivity contribution in [2.45, 2.75) is 31.9 Å². The number of halogens is 3. The molecule has 6 heteroatoms. The molecule has 0 spiro atoms. The summed E-state index contributed by atoms with van der Waals surface area (Å²) in [6.45, 7) is 5.23. The number of piperazine rings is 1. The Labute approximate surface area is 107 Å². The average molecular weight is 267 g/mol. The van der Waals surface area contributed by atoms with Crippen molar-refractivity contribution in [1.29, 1.82) is 0 Å². The van der Waals surface area contributed by atoms with Crippen molar-refractivity contribution in [3.05, 3.63) is 0 Å². The number of hydrogen-bond acceptors (Lipinski definition) is 3. The second kappa shape index (κ2) is 7.96. The first-order valence-electron chi connectivity index (χ1n) is 6.73. The Hall–Kier alpha value is -0.330. The molecule has 1 aliphatic heterocycles. The fraction of sp³-hybridized carbons (Fsp3) is 1.00. The van der Waals surface area contributed by atoms with Gasteiger partial charge in [0.1, 0.15) is 0 Å².